The van der Waals surface area contributed by atoms with E-state index in [1.54, 1.807) is 0 Å². The summed E-state index contributed by atoms with van der Waals surface area (Å²) in [7, 11) is 0. The third kappa shape index (κ3) is 3.50. The molecule has 25 heavy (non-hydrogen) atoms. The molecule has 142 valence electrons. The fourth-order valence-corrected chi connectivity index (χ4v) is 7.77. The van der Waals surface area contributed by atoms with E-state index in [0.29, 0.717) is 17.4 Å². The number of morpholine rings is 1. The van der Waals surface area contributed by atoms with Crippen LogP contribution < -0.4 is 10.6 Å². The highest BCUT2D eigenvalue weighted by Crippen LogP contribution is 2.52. The molecular weight excluding hydrogens is 334 g/mol. The molecule has 5 atom stereocenters. The molecule has 5 aliphatic rings. The fraction of sp³-hybridized carbons (Fsp3) is 1.00. The number of thioether (sulfide) groups is 1. The summed E-state index contributed by atoms with van der Waals surface area (Å²) in [6, 6.07) is 0.763. The van der Waals surface area contributed by atoms with Gasteiger partial charge >= 0.3 is 0 Å². The molecule has 5 nitrogen and oxygen atoms in total. The molecule has 0 aromatic heterocycles. The molecule has 0 aromatic carbocycles. The first-order chi connectivity index (χ1) is 12.4. The van der Waals surface area contributed by atoms with E-state index in [1.165, 1.54) is 44.9 Å². The first-order valence-electron chi connectivity index (χ1n) is 10.5. The number of fused-ring (bicyclic) bond motifs is 3. The van der Waals surface area contributed by atoms with Crippen LogP contribution in [0.2, 0.25) is 0 Å². The van der Waals surface area contributed by atoms with Gasteiger partial charge in [0.05, 0.1) is 24.7 Å². The molecule has 0 radical (unpaired) electrons. The highest BCUT2D eigenvalue weighted by Gasteiger charge is 2.51. The Bertz CT molecular complexity index is 454. The van der Waals surface area contributed by atoms with Crippen molar-refractivity contribution in [3.05, 3.63) is 0 Å². The second-order valence-corrected chi connectivity index (χ2v) is 9.87. The molecule has 5 rings (SSSR count). The fourth-order valence-electron chi connectivity index (χ4n) is 5.87. The Morgan fingerprint density at radius 1 is 0.960 bits per heavy atom. The maximum absolute atomic E-state index is 6.68. The summed E-state index contributed by atoms with van der Waals surface area (Å²) < 4.78 is 12.2. The van der Waals surface area contributed by atoms with Crippen LogP contribution in [0.5, 0.6) is 0 Å². The van der Waals surface area contributed by atoms with Crippen LogP contribution >= 0.6 is 11.8 Å². The number of rotatable bonds is 3. The minimum absolute atomic E-state index is 0.275. The molecule has 0 bridgehead atoms. The van der Waals surface area contributed by atoms with E-state index in [9.17, 15) is 0 Å². The standard InChI is InChI=1S/C19H33N3O2S/c1-2-15-16(3-1)25-19-17(15)18(20-12-21-19)24-14-6-4-13(5-7-14)22-8-10-23-11-9-22/h13-21H,1-12H2. The lowest BCUT2D eigenvalue weighted by Crippen LogP contribution is -2.58. The Hall–Kier alpha value is 0.150. The summed E-state index contributed by atoms with van der Waals surface area (Å²) in [6.07, 6.45) is 10.0. The lowest BCUT2D eigenvalue weighted by atomic mass is 9.87. The molecule has 0 aromatic rings. The van der Waals surface area contributed by atoms with E-state index in [2.05, 4.69) is 27.3 Å². The predicted molar refractivity (Wildman–Crippen MR) is 100 cm³/mol. The van der Waals surface area contributed by atoms with Gasteiger partial charge in [0.25, 0.3) is 0 Å². The zero-order chi connectivity index (χ0) is 16.6. The van der Waals surface area contributed by atoms with Crippen LogP contribution in [0.1, 0.15) is 44.9 Å². The summed E-state index contributed by atoms with van der Waals surface area (Å²) in [4.78, 5) is 2.65. The van der Waals surface area contributed by atoms with Gasteiger partial charge in [-0.1, -0.05) is 6.42 Å². The average molecular weight is 368 g/mol. The van der Waals surface area contributed by atoms with Gasteiger partial charge in [-0.3, -0.25) is 15.5 Å². The molecule has 3 aliphatic heterocycles. The van der Waals surface area contributed by atoms with Gasteiger partial charge in [0.15, 0.2) is 0 Å². The Morgan fingerprint density at radius 2 is 1.80 bits per heavy atom. The number of ether oxygens (including phenoxy) is 2. The van der Waals surface area contributed by atoms with Gasteiger partial charge in [0.1, 0.15) is 6.23 Å². The van der Waals surface area contributed by atoms with Crippen LogP contribution in [0.4, 0.5) is 0 Å². The van der Waals surface area contributed by atoms with Crippen molar-refractivity contribution in [1.82, 2.24) is 15.5 Å². The van der Waals surface area contributed by atoms with E-state index >= 15 is 0 Å². The minimum Gasteiger partial charge on any atom is -0.379 e. The SMILES string of the molecule is C1CC2SC3NCNC(OC4CCC(N5CCOCC5)CC4)C3C2C1. The van der Waals surface area contributed by atoms with Gasteiger partial charge in [-0.25, -0.2) is 0 Å². The average Bonchev–Trinajstić information content (AvgIpc) is 3.24. The van der Waals surface area contributed by atoms with E-state index in [-0.39, 0.29) is 6.23 Å². The van der Waals surface area contributed by atoms with Crippen LogP contribution in [-0.4, -0.2) is 66.9 Å². The first-order valence-corrected chi connectivity index (χ1v) is 11.4. The largest absolute Gasteiger partial charge is 0.379 e. The third-order valence-electron chi connectivity index (χ3n) is 7.17. The summed E-state index contributed by atoms with van der Waals surface area (Å²) in [6.45, 7) is 4.98. The van der Waals surface area contributed by atoms with Crippen molar-refractivity contribution in [2.24, 2.45) is 11.8 Å². The minimum atomic E-state index is 0.275. The first kappa shape index (κ1) is 17.3. The lowest BCUT2D eigenvalue weighted by molar-refractivity contribution is -0.103. The van der Waals surface area contributed by atoms with Gasteiger partial charge in [-0.05, 0) is 44.4 Å². The Labute approximate surface area is 155 Å². The normalized spacial score (nSPS) is 48.2. The van der Waals surface area contributed by atoms with Gasteiger partial charge in [-0.15, -0.1) is 11.8 Å². The van der Waals surface area contributed by atoms with Gasteiger partial charge < -0.3 is 9.47 Å². The van der Waals surface area contributed by atoms with Crippen molar-refractivity contribution in [3.8, 4) is 0 Å². The highest BCUT2D eigenvalue weighted by atomic mass is 32.2. The molecule has 5 fully saturated rings. The quantitative estimate of drug-likeness (QED) is 0.795. The van der Waals surface area contributed by atoms with Crippen molar-refractivity contribution in [2.75, 3.05) is 33.0 Å². The van der Waals surface area contributed by atoms with Crippen LogP contribution in [0.3, 0.4) is 0 Å². The van der Waals surface area contributed by atoms with Crippen LogP contribution in [0.15, 0.2) is 0 Å². The molecule has 2 aliphatic carbocycles. The molecule has 2 N–H and O–H groups in total. The molecule has 3 heterocycles. The molecule has 5 unspecified atom stereocenters. The number of nitrogens with zero attached hydrogens (tertiary/aromatic N) is 1. The zero-order valence-corrected chi connectivity index (χ0v) is 16.0. The Morgan fingerprint density at radius 3 is 2.64 bits per heavy atom. The smallest absolute Gasteiger partial charge is 0.114 e. The topological polar surface area (TPSA) is 45.8 Å². The van der Waals surface area contributed by atoms with E-state index in [0.717, 1.165) is 50.2 Å². The second-order valence-electron chi connectivity index (χ2n) is 8.49. The van der Waals surface area contributed by atoms with Crippen LogP contribution in [-0.2, 0) is 9.47 Å². The van der Waals surface area contributed by atoms with Gasteiger partial charge in [0.2, 0.25) is 0 Å². The predicted octanol–water partition coefficient (Wildman–Crippen LogP) is 1.98. The van der Waals surface area contributed by atoms with Gasteiger partial charge in [0, 0.05) is 37.0 Å². The van der Waals surface area contributed by atoms with Crippen molar-refractivity contribution < 1.29 is 9.47 Å². The monoisotopic (exact) mass is 367 g/mol. The van der Waals surface area contributed by atoms with E-state index in [1.807, 2.05) is 0 Å². The maximum Gasteiger partial charge on any atom is 0.114 e. The van der Waals surface area contributed by atoms with Crippen LogP contribution in [0.25, 0.3) is 0 Å². The van der Waals surface area contributed by atoms with Crippen LogP contribution in [0, 0.1) is 11.8 Å². The summed E-state index contributed by atoms with van der Waals surface area (Å²) >= 11 is 2.20. The molecule has 3 saturated heterocycles. The third-order valence-corrected chi connectivity index (χ3v) is 8.88. The molecule has 2 saturated carbocycles. The number of nitrogens with one attached hydrogen (secondary N) is 2. The van der Waals surface area contributed by atoms with Gasteiger partial charge in [-0.2, -0.15) is 0 Å². The second kappa shape index (κ2) is 7.64. The summed E-state index contributed by atoms with van der Waals surface area (Å²) in [5.41, 5.74) is 0. The number of hydrogen-bond acceptors (Lipinski definition) is 6. The van der Waals surface area contributed by atoms with Crippen molar-refractivity contribution in [2.45, 2.75) is 73.9 Å². The molecule has 0 spiro atoms. The highest BCUT2D eigenvalue weighted by molar-refractivity contribution is 8.00. The van der Waals surface area contributed by atoms with Crippen molar-refractivity contribution in [1.29, 1.82) is 0 Å². The summed E-state index contributed by atoms with van der Waals surface area (Å²) in [5.74, 6) is 1.54. The Kier molecular flexibility index (Phi) is 5.28. The number of hydrogen-bond donors (Lipinski definition) is 2. The van der Waals surface area contributed by atoms with Crippen molar-refractivity contribution in [3.63, 3.8) is 0 Å². The molecular formula is C19H33N3O2S. The van der Waals surface area contributed by atoms with E-state index < -0.39 is 0 Å². The van der Waals surface area contributed by atoms with E-state index in [4.69, 9.17) is 9.47 Å². The lowest BCUT2D eigenvalue weighted by Gasteiger charge is -2.42. The van der Waals surface area contributed by atoms with Crippen molar-refractivity contribution >= 4 is 11.8 Å². The molecule has 0 amide bonds. The molecule has 6 heteroatoms. The Balaban J connectivity index is 1.16. The summed E-state index contributed by atoms with van der Waals surface area (Å²) in [5, 5.41) is 8.83. The maximum atomic E-state index is 6.68. The zero-order valence-electron chi connectivity index (χ0n) is 15.2.